The minimum atomic E-state index is 0. The minimum absolute atomic E-state index is 0. The summed E-state index contributed by atoms with van der Waals surface area (Å²) in [5.41, 5.74) is 1.30. The molecule has 106 valence electrons. The Morgan fingerprint density at radius 2 is 2.26 bits per heavy atom. The lowest BCUT2D eigenvalue weighted by molar-refractivity contribution is -0.00381. The molecule has 1 aliphatic heterocycles. The molecule has 1 aromatic rings. The molecular weight excluding hydrogens is 281 g/mol. The number of hydrogen-bond acceptors (Lipinski definition) is 2. The summed E-state index contributed by atoms with van der Waals surface area (Å²) < 4.78 is 6.36. The Kier molecular flexibility index (Phi) is 4.65. The number of benzene rings is 1. The zero-order chi connectivity index (χ0) is 12.6. The van der Waals surface area contributed by atoms with Gasteiger partial charge in [-0.05, 0) is 50.1 Å². The van der Waals surface area contributed by atoms with Crippen LogP contribution >= 0.6 is 24.0 Å². The number of hydrogen-bond donors (Lipinski definition) is 1. The van der Waals surface area contributed by atoms with Crippen LogP contribution in [-0.2, 0) is 6.42 Å². The first-order chi connectivity index (χ1) is 8.73. The minimum Gasteiger partial charge on any atom is -0.486 e. The molecule has 2 atom stereocenters. The van der Waals surface area contributed by atoms with Gasteiger partial charge in [0.1, 0.15) is 11.4 Å². The maximum atomic E-state index is 6.36. The third-order valence-corrected chi connectivity index (χ3v) is 4.66. The van der Waals surface area contributed by atoms with E-state index in [2.05, 4.69) is 11.4 Å². The Morgan fingerprint density at radius 3 is 3.05 bits per heavy atom. The Labute approximate surface area is 126 Å². The van der Waals surface area contributed by atoms with Crippen LogP contribution in [0.2, 0.25) is 5.02 Å². The molecule has 1 saturated carbocycles. The zero-order valence-corrected chi connectivity index (χ0v) is 12.8. The summed E-state index contributed by atoms with van der Waals surface area (Å²) in [5, 5.41) is 4.14. The molecule has 1 aromatic carbocycles. The summed E-state index contributed by atoms with van der Waals surface area (Å²) in [6.07, 6.45) is 6.07. The second kappa shape index (κ2) is 5.90. The highest BCUT2D eigenvalue weighted by molar-refractivity contribution is 6.30. The average molecular weight is 302 g/mol. The molecule has 0 bridgehead atoms. The third kappa shape index (κ3) is 2.72. The maximum absolute atomic E-state index is 6.36. The van der Waals surface area contributed by atoms with Gasteiger partial charge in [0.25, 0.3) is 0 Å². The highest BCUT2D eigenvalue weighted by Gasteiger charge is 2.46. The van der Waals surface area contributed by atoms with Crippen molar-refractivity contribution < 1.29 is 4.74 Å². The number of fused-ring (bicyclic) bond motifs is 1. The summed E-state index contributed by atoms with van der Waals surface area (Å²) in [4.78, 5) is 0. The van der Waals surface area contributed by atoms with Gasteiger partial charge in [-0.15, -0.1) is 12.4 Å². The van der Waals surface area contributed by atoms with Gasteiger partial charge in [0, 0.05) is 23.9 Å². The molecule has 19 heavy (non-hydrogen) atoms. The fourth-order valence-corrected chi connectivity index (χ4v) is 3.74. The maximum Gasteiger partial charge on any atom is 0.123 e. The lowest BCUT2D eigenvalue weighted by atomic mass is 9.73. The molecule has 0 unspecified atom stereocenters. The topological polar surface area (TPSA) is 21.3 Å². The smallest absolute Gasteiger partial charge is 0.123 e. The van der Waals surface area contributed by atoms with E-state index in [1.165, 1.54) is 31.2 Å². The molecule has 0 radical (unpaired) electrons. The zero-order valence-electron chi connectivity index (χ0n) is 11.2. The highest BCUT2D eigenvalue weighted by Crippen LogP contribution is 2.46. The first kappa shape index (κ1) is 15.0. The predicted octanol–water partition coefficient (Wildman–Crippen LogP) is 3.85. The summed E-state index contributed by atoms with van der Waals surface area (Å²) in [7, 11) is 2.03. The van der Waals surface area contributed by atoms with E-state index in [0.717, 1.165) is 23.7 Å². The molecule has 1 aliphatic carbocycles. The average Bonchev–Trinajstić information content (AvgIpc) is 2.70. The van der Waals surface area contributed by atoms with Crippen molar-refractivity contribution in [3.63, 3.8) is 0 Å². The van der Waals surface area contributed by atoms with E-state index in [1.807, 2.05) is 19.2 Å². The molecule has 1 spiro atoms. The number of halogens is 2. The monoisotopic (exact) mass is 301 g/mol. The van der Waals surface area contributed by atoms with Crippen molar-refractivity contribution in [3.8, 4) is 5.75 Å². The molecule has 2 nitrogen and oxygen atoms in total. The van der Waals surface area contributed by atoms with Gasteiger partial charge >= 0.3 is 0 Å². The van der Waals surface area contributed by atoms with Gasteiger partial charge in [0.2, 0.25) is 0 Å². The van der Waals surface area contributed by atoms with Gasteiger partial charge in [0.05, 0.1) is 0 Å². The number of rotatable bonds is 2. The SMILES string of the molecule is CNC[C@H]1CCCC[C@]12Cc1cc(Cl)ccc1O2.Cl. The molecule has 1 N–H and O–H groups in total. The van der Waals surface area contributed by atoms with Crippen molar-refractivity contribution in [3.05, 3.63) is 28.8 Å². The van der Waals surface area contributed by atoms with E-state index in [4.69, 9.17) is 16.3 Å². The van der Waals surface area contributed by atoms with Gasteiger partial charge < -0.3 is 10.1 Å². The van der Waals surface area contributed by atoms with Crippen LogP contribution in [0.15, 0.2) is 18.2 Å². The molecular formula is C15H21Cl2NO. The lowest BCUT2D eigenvalue weighted by Gasteiger charge is -2.40. The van der Waals surface area contributed by atoms with Gasteiger partial charge in [-0.3, -0.25) is 0 Å². The van der Waals surface area contributed by atoms with Gasteiger partial charge in [-0.1, -0.05) is 18.0 Å². The van der Waals surface area contributed by atoms with Crippen LogP contribution in [0.3, 0.4) is 0 Å². The van der Waals surface area contributed by atoms with Crippen molar-refractivity contribution in [1.82, 2.24) is 5.32 Å². The quantitative estimate of drug-likeness (QED) is 0.896. The largest absolute Gasteiger partial charge is 0.486 e. The van der Waals surface area contributed by atoms with Crippen LogP contribution in [0.25, 0.3) is 0 Å². The van der Waals surface area contributed by atoms with E-state index < -0.39 is 0 Å². The first-order valence-corrected chi connectivity index (χ1v) is 7.23. The highest BCUT2D eigenvalue weighted by atomic mass is 35.5. The molecule has 2 aliphatic rings. The van der Waals surface area contributed by atoms with E-state index in [0.29, 0.717) is 5.92 Å². The van der Waals surface area contributed by atoms with Crippen LogP contribution < -0.4 is 10.1 Å². The molecule has 1 fully saturated rings. The Balaban J connectivity index is 0.00000133. The van der Waals surface area contributed by atoms with Crippen molar-refractivity contribution in [1.29, 1.82) is 0 Å². The summed E-state index contributed by atoms with van der Waals surface area (Å²) in [6.45, 7) is 1.04. The Bertz CT molecular complexity index is 450. The standard InChI is InChI=1S/C15H20ClNO.ClH/c1-17-10-12-4-2-3-7-15(12)9-11-8-13(16)5-6-14(11)18-15;/h5-6,8,12,17H,2-4,7,9-10H2,1H3;1H/t12-,15+;/m1./s1. The normalized spacial score (nSPS) is 28.6. The Hall–Kier alpha value is -0.440. The van der Waals surface area contributed by atoms with Crippen LogP contribution in [0.4, 0.5) is 0 Å². The Morgan fingerprint density at radius 1 is 1.42 bits per heavy atom. The predicted molar refractivity (Wildman–Crippen MR) is 81.6 cm³/mol. The summed E-state index contributed by atoms with van der Waals surface area (Å²) in [6, 6.07) is 6.02. The van der Waals surface area contributed by atoms with E-state index >= 15 is 0 Å². The van der Waals surface area contributed by atoms with Crippen LogP contribution in [0, 0.1) is 5.92 Å². The molecule has 0 amide bonds. The lowest BCUT2D eigenvalue weighted by Crippen LogP contribution is -2.48. The molecule has 0 saturated heterocycles. The van der Waals surface area contributed by atoms with E-state index in [9.17, 15) is 0 Å². The molecule has 3 rings (SSSR count). The van der Waals surface area contributed by atoms with Crippen LogP contribution in [0.1, 0.15) is 31.2 Å². The van der Waals surface area contributed by atoms with Crippen molar-refractivity contribution in [2.75, 3.05) is 13.6 Å². The van der Waals surface area contributed by atoms with Crippen molar-refractivity contribution >= 4 is 24.0 Å². The van der Waals surface area contributed by atoms with Gasteiger partial charge in [-0.25, -0.2) is 0 Å². The second-order valence-electron chi connectivity index (χ2n) is 5.60. The number of ether oxygens (including phenoxy) is 1. The third-order valence-electron chi connectivity index (χ3n) is 4.42. The fourth-order valence-electron chi connectivity index (χ4n) is 3.55. The van der Waals surface area contributed by atoms with Crippen molar-refractivity contribution in [2.45, 2.75) is 37.7 Å². The van der Waals surface area contributed by atoms with Gasteiger partial charge in [-0.2, -0.15) is 0 Å². The van der Waals surface area contributed by atoms with E-state index in [1.54, 1.807) is 0 Å². The summed E-state index contributed by atoms with van der Waals surface area (Å²) >= 11 is 6.08. The number of nitrogens with one attached hydrogen (secondary N) is 1. The molecule has 0 aromatic heterocycles. The van der Waals surface area contributed by atoms with Crippen LogP contribution in [0.5, 0.6) is 5.75 Å². The second-order valence-corrected chi connectivity index (χ2v) is 6.03. The molecule has 1 heterocycles. The van der Waals surface area contributed by atoms with Crippen LogP contribution in [-0.4, -0.2) is 19.2 Å². The van der Waals surface area contributed by atoms with E-state index in [-0.39, 0.29) is 18.0 Å². The van der Waals surface area contributed by atoms with Crippen molar-refractivity contribution in [2.24, 2.45) is 5.92 Å². The fraction of sp³-hybridized carbons (Fsp3) is 0.600. The molecule has 4 heteroatoms. The van der Waals surface area contributed by atoms with Gasteiger partial charge in [0.15, 0.2) is 0 Å². The first-order valence-electron chi connectivity index (χ1n) is 6.85. The summed E-state index contributed by atoms with van der Waals surface area (Å²) in [5.74, 6) is 1.66.